The summed E-state index contributed by atoms with van der Waals surface area (Å²) in [6.45, 7) is 0.534. The molecular formula is C19H16ClN3O6. The van der Waals surface area contributed by atoms with Crippen molar-refractivity contribution in [3.05, 3.63) is 74.9 Å². The number of nitrogens with one attached hydrogen (secondary N) is 2. The summed E-state index contributed by atoms with van der Waals surface area (Å²) in [6.07, 6.45) is 1.40. The van der Waals surface area contributed by atoms with Crippen molar-refractivity contribution < 1.29 is 24.0 Å². The SMILES string of the molecule is CC(=O)N/C(=C\c1ccccc1)C(=O)OCC(=O)Nc1cc([N+](=O)[O-])ccc1Cl. The molecule has 0 saturated heterocycles. The van der Waals surface area contributed by atoms with Gasteiger partial charge in [0.2, 0.25) is 5.91 Å². The minimum absolute atomic E-state index is 0.00354. The maximum absolute atomic E-state index is 12.2. The maximum atomic E-state index is 12.2. The smallest absolute Gasteiger partial charge is 0.355 e. The van der Waals surface area contributed by atoms with Gasteiger partial charge in [0.05, 0.1) is 15.6 Å². The van der Waals surface area contributed by atoms with E-state index in [1.54, 1.807) is 30.3 Å². The van der Waals surface area contributed by atoms with E-state index in [0.717, 1.165) is 6.07 Å². The lowest BCUT2D eigenvalue weighted by molar-refractivity contribution is -0.384. The number of carbonyl (C=O) groups excluding carboxylic acids is 3. The third-order valence-corrected chi connectivity index (χ3v) is 3.74. The Balaban J connectivity index is 2.05. The number of benzene rings is 2. The van der Waals surface area contributed by atoms with Gasteiger partial charge in [-0.2, -0.15) is 0 Å². The zero-order valence-corrected chi connectivity index (χ0v) is 15.9. The first-order valence-corrected chi connectivity index (χ1v) is 8.59. The molecule has 0 aromatic heterocycles. The van der Waals surface area contributed by atoms with Crippen molar-refractivity contribution in [2.45, 2.75) is 6.92 Å². The van der Waals surface area contributed by atoms with Crippen LogP contribution in [-0.4, -0.2) is 29.3 Å². The summed E-state index contributed by atoms with van der Waals surface area (Å²) in [5.41, 5.74) is 0.232. The molecule has 0 atom stereocenters. The normalized spacial score (nSPS) is 10.8. The Morgan fingerprint density at radius 1 is 1.17 bits per heavy atom. The number of nitrogens with zero attached hydrogens (tertiary/aromatic N) is 1. The van der Waals surface area contributed by atoms with Crippen molar-refractivity contribution in [2.24, 2.45) is 0 Å². The molecule has 2 aromatic carbocycles. The zero-order valence-electron chi connectivity index (χ0n) is 15.2. The first kappa shape index (κ1) is 21.6. The molecule has 150 valence electrons. The molecule has 0 heterocycles. The van der Waals surface area contributed by atoms with E-state index in [9.17, 15) is 24.5 Å². The number of nitro benzene ring substituents is 1. The van der Waals surface area contributed by atoms with E-state index in [1.807, 2.05) is 0 Å². The summed E-state index contributed by atoms with van der Waals surface area (Å²) < 4.78 is 4.92. The van der Waals surface area contributed by atoms with Crippen LogP contribution < -0.4 is 10.6 Å². The van der Waals surface area contributed by atoms with Gasteiger partial charge in [-0.15, -0.1) is 0 Å². The highest BCUT2D eigenvalue weighted by atomic mass is 35.5. The van der Waals surface area contributed by atoms with Gasteiger partial charge in [-0.3, -0.25) is 19.7 Å². The number of nitro groups is 1. The lowest BCUT2D eigenvalue weighted by atomic mass is 10.2. The zero-order chi connectivity index (χ0) is 21.4. The van der Waals surface area contributed by atoms with E-state index in [0.29, 0.717) is 5.56 Å². The topological polar surface area (TPSA) is 128 Å². The Kier molecular flexibility index (Phi) is 7.44. The molecule has 10 heteroatoms. The Hall–Kier alpha value is -3.72. The van der Waals surface area contributed by atoms with E-state index >= 15 is 0 Å². The first-order valence-electron chi connectivity index (χ1n) is 8.21. The van der Waals surface area contributed by atoms with Gasteiger partial charge < -0.3 is 15.4 Å². The molecule has 0 bridgehead atoms. The van der Waals surface area contributed by atoms with Crippen LogP contribution in [0.5, 0.6) is 0 Å². The molecule has 2 amide bonds. The molecule has 2 N–H and O–H groups in total. The van der Waals surface area contributed by atoms with E-state index in [-0.39, 0.29) is 22.1 Å². The number of hydrogen-bond acceptors (Lipinski definition) is 6. The average Bonchev–Trinajstić information content (AvgIpc) is 2.67. The predicted molar refractivity (Wildman–Crippen MR) is 106 cm³/mol. The predicted octanol–water partition coefficient (Wildman–Crippen LogP) is 2.91. The average molecular weight is 418 g/mol. The molecule has 0 aliphatic rings. The van der Waals surface area contributed by atoms with Crippen LogP contribution in [-0.2, 0) is 19.1 Å². The van der Waals surface area contributed by atoms with Gasteiger partial charge in [-0.25, -0.2) is 4.79 Å². The van der Waals surface area contributed by atoms with Gasteiger partial charge in [0.25, 0.3) is 11.6 Å². The van der Waals surface area contributed by atoms with E-state index < -0.39 is 29.3 Å². The Morgan fingerprint density at radius 2 is 1.86 bits per heavy atom. The standard InChI is InChI=1S/C19H16ClN3O6/c1-12(24)21-17(9-13-5-3-2-4-6-13)19(26)29-11-18(25)22-16-10-14(23(27)28)7-8-15(16)20/h2-10H,11H2,1H3,(H,21,24)(H,22,25)/b17-9-. The Bertz CT molecular complexity index is 975. The van der Waals surface area contributed by atoms with Crippen LogP contribution in [0.4, 0.5) is 11.4 Å². The minimum Gasteiger partial charge on any atom is -0.451 e. The summed E-state index contributed by atoms with van der Waals surface area (Å²) in [4.78, 5) is 45.8. The van der Waals surface area contributed by atoms with Crippen molar-refractivity contribution in [3.63, 3.8) is 0 Å². The highest BCUT2D eigenvalue weighted by molar-refractivity contribution is 6.33. The monoisotopic (exact) mass is 417 g/mol. The van der Waals surface area contributed by atoms with Crippen molar-refractivity contribution in [1.82, 2.24) is 5.32 Å². The van der Waals surface area contributed by atoms with Crippen LogP contribution in [0.2, 0.25) is 5.02 Å². The van der Waals surface area contributed by atoms with E-state index in [4.69, 9.17) is 16.3 Å². The molecule has 9 nitrogen and oxygen atoms in total. The third-order valence-electron chi connectivity index (χ3n) is 3.41. The number of amides is 2. The number of ether oxygens (including phenoxy) is 1. The van der Waals surface area contributed by atoms with E-state index in [1.165, 1.54) is 25.1 Å². The fourth-order valence-corrected chi connectivity index (χ4v) is 2.33. The van der Waals surface area contributed by atoms with E-state index in [2.05, 4.69) is 10.6 Å². The first-order chi connectivity index (χ1) is 13.8. The summed E-state index contributed by atoms with van der Waals surface area (Å²) >= 11 is 5.90. The Labute approximate surface area is 170 Å². The van der Waals surface area contributed by atoms with Gasteiger partial charge in [-0.1, -0.05) is 41.9 Å². The summed E-state index contributed by atoms with van der Waals surface area (Å²) in [5.74, 6) is -2.18. The lowest BCUT2D eigenvalue weighted by Gasteiger charge is -2.10. The van der Waals surface area contributed by atoms with Crippen LogP contribution in [0.3, 0.4) is 0 Å². The summed E-state index contributed by atoms with van der Waals surface area (Å²) in [5, 5.41) is 15.6. The molecular weight excluding hydrogens is 402 g/mol. The second-order valence-corrected chi connectivity index (χ2v) is 6.10. The van der Waals surface area contributed by atoms with Gasteiger partial charge in [0, 0.05) is 19.1 Å². The molecule has 0 aliphatic carbocycles. The maximum Gasteiger partial charge on any atom is 0.355 e. The number of carbonyl (C=O) groups is 3. The van der Waals surface area contributed by atoms with Gasteiger partial charge >= 0.3 is 5.97 Å². The fraction of sp³-hybridized carbons (Fsp3) is 0.105. The van der Waals surface area contributed by atoms with Crippen molar-refractivity contribution >= 4 is 46.8 Å². The minimum atomic E-state index is -0.927. The fourth-order valence-electron chi connectivity index (χ4n) is 2.17. The molecule has 0 radical (unpaired) electrons. The van der Waals surface area contributed by atoms with Crippen molar-refractivity contribution in [1.29, 1.82) is 0 Å². The number of non-ortho nitro benzene ring substituents is 1. The van der Waals surface area contributed by atoms with Crippen LogP contribution in [0, 0.1) is 10.1 Å². The molecule has 0 unspecified atom stereocenters. The summed E-state index contributed by atoms with van der Waals surface area (Å²) in [7, 11) is 0. The summed E-state index contributed by atoms with van der Waals surface area (Å²) in [6, 6.07) is 12.2. The number of esters is 1. The third kappa shape index (κ3) is 6.74. The van der Waals surface area contributed by atoms with Crippen LogP contribution in [0.1, 0.15) is 12.5 Å². The molecule has 0 spiro atoms. The molecule has 0 fully saturated rings. The molecule has 0 aliphatic heterocycles. The molecule has 0 saturated carbocycles. The van der Waals surface area contributed by atoms with Crippen molar-refractivity contribution in [3.8, 4) is 0 Å². The number of halogens is 1. The highest BCUT2D eigenvalue weighted by Gasteiger charge is 2.16. The molecule has 2 rings (SSSR count). The van der Waals surface area contributed by atoms with Crippen LogP contribution in [0.25, 0.3) is 6.08 Å². The van der Waals surface area contributed by atoms with Gasteiger partial charge in [0.1, 0.15) is 5.70 Å². The van der Waals surface area contributed by atoms with Crippen LogP contribution in [0.15, 0.2) is 54.2 Å². The van der Waals surface area contributed by atoms with Gasteiger partial charge in [-0.05, 0) is 17.7 Å². The Morgan fingerprint density at radius 3 is 2.48 bits per heavy atom. The van der Waals surface area contributed by atoms with Crippen LogP contribution >= 0.6 is 11.6 Å². The quantitative estimate of drug-likeness (QED) is 0.308. The number of rotatable bonds is 7. The molecule has 2 aromatic rings. The second kappa shape index (κ2) is 10.00. The second-order valence-electron chi connectivity index (χ2n) is 5.70. The molecule has 29 heavy (non-hydrogen) atoms. The lowest BCUT2D eigenvalue weighted by Crippen LogP contribution is -2.29. The highest BCUT2D eigenvalue weighted by Crippen LogP contribution is 2.26. The number of hydrogen-bond donors (Lipinski definition) is 2. The van der Waals surface area contributed by atoms with Crippen molar-refractivity contribution in [2.75, 3.05) is 11.9 Å². The number of anilines is 1. The largest absolute Gasteiger partial charge is 0.451 e. The van der Waals surface area contributed by atoms with Gasteiger partial charge in [0.15, 0.2) is 6.61 Å².